The maximum absolute atomic E-state index is 12.2. The lowest BCUT2D eigenvalue weighted by molar-refractivity contribution is 0.121. The number of rotatable bonds is 9. The fraction of sp³-hybridized carbons (Fsp3) is 0.273. The third kappa shape index (κ3) is 5.96. The second kappa shape index (κ2) is 10.3. The molecule has 2 aromatic carbocycles. The van der Waals surface area contributed by atoms with Gasteiger partial charge in [0.2, 0.25) is 0 Å². The lowest BCUT2D eigenvalue weighted by Crippen LogP contribution is -2.28. The average molecular weight is 378 g/mol. The van der Waals surface area contributed by atoms with Crippen LogP contribution in [0.1, 0.15) is 30.0 Å². The van der Waals surface area contributed by atoms with Crippen LogP contribution in [0.3, 0.4) is 0 Å². The van der Waals surface area contributed by atoms with Crippen LogP contribution in [0.4, 0.5) is 10.5 Å². The Morgan fingerprint density at radius 2 is 1.86 bits per heavy atom. The normalized spacial score (nSPS) is 10.6. The Bertz CT molecular complexity index is 861. The zero-order valence-electron chi connectivity index (χ0n) is 16.1. The number of carbonyl (C=O) groups excluding carboxylic acids is 1. The van der Waals surface area contributed by atoms with Crippen LogP contribution in [-0.2, 0) is 24.4 Å². The van der Waals surface area contributed by atoms with E-state index >= 15 is 0 Å². The van der Waals surface area contributed by atoms with Crippen LogP contribution >= 0.6 is 0 Å². The number of nitrogens with one attached hydrogen (secondary N) is 2. The van der Waals surface area contributed by atoms with E-state index in [0.29, 0.717) is 19.7 Å². The van der Waals surface area contributed by atoms with Gasteiger partial charge in [0.25, 0.3) is 0 Å². The van der Waals surface area contributed by atoms with Crippen LogP contribution in [-0.4, -0.2) is 22.4 Å². The molecule has 28 heavy (non-hydrogen) atoms. The molecule has 0 aliphatic carbocycles. The van der Waals surface area contributed by atoms with E-state index in [9.17, 15) is 4.79 Å². The van der Waals surface area contributed by atoms with E-state index in [1.165, 1.54) is 0 Å². The molecule has 2 amide bonds. The highest BCUT2D eigenvalue weighted by molar-refractivity contribution is 5.89. The fourth-order valence-corrected chi connectivity index (χ4v) is 2.82. The third-order valence-corrected chi connectivity index (χ3v) is 4.28. The zero-order valence-corrected chi connectivity index (χ0v) is 16.1. The van der Waals surface area contributed by atoms with Gasteiger partial charge in [-0.05, 0) is 41.3 Å². The maximum atomic E-state index is 12.2. The first-order valence-electron chi connectivity index (χ1n) is 9.50. The number of urea groups is 1. The monoisotopic (exact) mass is 378 g/mol. The summed E-state index contributed by atoms with van der Waals surface area (Å²) in [5.74, 6) is 0. The summed E-state index contributed by atoms with van der Waals surface area (Å²) in [6.45, 7) is 4.54. The molecule has 1 heterocycles. The molecule has 3 rings (SSSR count). The quantitative estimate of drug-likeness (QED) is 0.549. The predicted octanol–water partition coefficient (Wildman–Crippen LogP) is 4.18. The topological polar surface area (TPSA) is 68.2 Å². The smallest absolute Gasteiger partial charge is 0.319 e. The molecule has 0 aliphatic rings. The van der Waals surface area contributed by atoms with Crippen LogP contribution in [0, 0.1) is 0 Å². The van der Waals surface area contributed by atoms with E-state index in [2.05, 4.69) is 22.7 Å². The van der Waals surface area contributed by atoms with Crippen molar-refractivity contribution in [3.63, 3.8) is 0 Å². The van der Waals surface area contributed by atoms with Crippen molar-refractivity contribution in [3.05, 3.63) is 83.7 Å². The van der Waals surface area contributed by atoms with Crippen LogP contribution < -0.4 is 10.6 Å². The van der Waals surface area contributed by atoms with E-state index in [4.69, 9.17) is 4.74 Å². The Kier molecular flexibility index (Phi) is 7.21. The molecular weight excluding hydrogens is 352 g/mol. The van der Waals surface area contributed by atoms with E-state index in [-0.39, 0.29) is 6.03 Å². The summed E-state index contributed by atoms with van der Waals surface area (Å²) >= 11 is 0. The predicted molar refractivity (Wildman–Crippen MR) is 110 cm³/mol. The molecular formula is C22H26N4O2. The summed E-state index contributed by atoms with van der Waals surface area (Å²) in [5, 5.41) is 9.97. The number of carbonyl (C=O) groups is 1. The lowest BCUT2D eigenvalue weighted by atomic mass is 10.1. The molecule has 0 saturated carbocycles. The average Bonchev–Trinajstić information content (AvgIpc) is 3.22. The number of amides is 2. The Labute approximate surface area is 165 Å². The minimum absolute atomic E-state index is 0.232. The second-order valence-corrected chi connectivity index (χ2v) is 6.53. The van der Waals surface area contributed by atoms with Gasteiger partial charge < -0.3 is 15.4 Å². The van der Waals surface area contributed by atoms with Crippen molar-refractivity contribution in [1.82, 2.24) is 15.1 Å². The molecule has 0 spiro atoms. The molecule has 2 N–H and O–H groups in total. The molecule has 6 nitrogen and oxygen atoms in total. The highest BCUT2D eigenvalue weighted by Gasteiger charge is 2.06. The number of nitrogens with zero attached hydrogens (tertiary/aromatic N) is 2. The largest absolute Gasteiger partial charge is 0.377 e. The Balaban J connectivity index is 1.49. The van der Waals surface area contributed by atoms with Crippen molar-refractivity contribution in [2.45, 2.75) is 33.0 Å². The van der Waals surface area contributed by atoms with Gasteiger partial charge in [0.15, 0.2) is 0 Å². The number of ether oxygens (including phenoxy) is 1. The summed E-state index contributed by atoms with van der Waals surface area (Å²) in [6, 6.07) is 17.4. The lowest BCUT2D eigenvalue weighted by Gasteiger charge is -2.12. The van der Waals surface area contributed by atoms with Crippen molar-refractivity contribution in [3.8, 4) is 0 Å². The van der Waals surface area contributed by atoms with Gasteiger partial charge in [-0.2, -0.15) is 5.10 Å². The Morgan fingerprint density at radius 3 is 2.57 bits per heavy atom. The van der Waals surface area contributed by atoms with Crippen molar-refractivity contribution >= 4 is 11.7 Å². The maximum Gasteiger partial charge on any atom is 0.319 e. The molecule has 0 unspecified atom stereocenters. The highest BCUT2D eigenvalue weighted by Crippen LogP contribution is 2.12. The van der Waals surface area contributed by atoms with Crippen molar-refractivity contribution in [2.24, 2.45) is 0 Å². The molecule has 0 bridgehead atoms. The minimum atomic E-state index is -0.232. The minimum Gasteiger partial charge on any atom is -0.377 e. The molecule has 146 valence electrons. The standard InChI is InChI=1S/C22H26N4O2/c1-2-14-28-17-20-7-4-3-6-19(20)15-23-22(27)25-21-10-8-18(9-11-21)16-26-13-5-12-24-26/h3-13H,2,14-17H2,1H3,(H2,23,25,27). The van der Waals surface area contributed by atoms with Crippen molar-refractivity contribution < 1.29 is 9.53 Å². The fourth-order valence-electron chi connectivity index (χ4n) is 2.82. The van der Waals surface area contributed by atoms with Crippen LogP contribution in [0.15, 0.2) is 67.0 Å². The number of aromatic nitrogens is 2. The molecule has 0 fully saturated rings. The van der Waals surface area contributed by atoms with Gasteiger partial charge >= 0.3 is 6.03 Å². The first kappa shape index (κ1) is 19.6. The highest BCUT2D eigenvalue weighted by atomic mass is 16.5. The van der Waals surface area contributed by atoms with E-state index in [1.807, 2.05) is 65.5 Å². The van der Waals surface area contributed by atoms with E-state index in [0.717, 1.165) is 35.4 Å². The van der Waals surface area contributed by atoms with E-state index in [1.54, 1.807) is 6.20 Å². The first-order chi connectivity index (χ1) is 13.7. The van der Waals surface area contributed by atoms with Gasteiger partial charge in [-0.3, -0.25) is 4.68 Å². The molecule has 0 aliphatic heterocycles. The number of benzene rings is 2. The molecule has 0 atom stereocenters. The van der Waals surface area contributed by atoms with Gasteiger partial charge in [0.05, 0.1) is 13.2 Å². The van der Waals surface area contributed by atoms with E-state index < -0.39 is 0 Å². The summed E-state index contributed by atoms with van der Waals surface area (Å²) in [5.41, 5.74) is 4.03. The molecule has 3 aromatic rings. The van der Waals surface area contributed by atoms with Gasteiger partial charge in [-0.25, -0.2) is 4.79 Å². The van der Waals surface area contributed by atoms with Crippen molar-refractivity contribution in [1.29, 1.82) is 0 Å². The molecule has 0 radical (unpaired) electrons. The van der Waals surface area contributed by atoms with Crippen LogP contribution in [0.25, 0.3) is 0 Å². The first-order valence-corrected chi connectivity index (χ1v) is 9.50. The summed E-state index contributed by atoms with van der Waals surface area (Å²) in [4.78, 5) is 12.2. The third-order valence-electron chi connectivity index (χ3n) is 4.28. The second-order valence-electron chi connectivity index (χ2n) is 6.53. The zero-order chi connectivity index (χ0) is 19.6. The Hall–Kier alpha value is -3.12. The SMILES string of the molecule is CCCOCc1ccccc1CNC(=O)Nc1ccc(Cn2cccn2)cc1. The summed E-state index contributed by atoms with van der Waals surface area (Å²) in [6.07, 6.45) is 4.67. The van der Waals surface area contributed by atoms with Gasteiger partial charge in [-0.15, -0.1) is 0 Å². The van der Waals surface area contributed by atoms with Gasteiger partial charge in [0, 0.05) is 31.2 Å². The van der Waals surface area contributed by atoms with Crippen LogP contribution in [0.2, 0.25) is 0 Å². The molecule has 0 saturated heterocycles. The van der Waals surface area contributed by atoms with Crippen LogP contribution in [0.5, 0.6) is 0 Å². The number of hydrogen-bond donors (Lipinski definition) is 2. The Morgan fingerprint density at radius 1 is 1.07 bits per heavy atom. The van der Waals surface area contributed by atoms with Gasteiger partial charge in [0.1, 0.15) is 0 Å². The summed E-state index contributed by atoms with van der Waals surface area (Å²) in [7, 11) is 0. The van der Waals surface area contributed by atoms with Gasteiger partial charge in [-0.1, -0.05) is 43.3 Å². The molecule has 1 aromatic heterocycles. The van der Waals surface area contributed by atoms with Crippen molar-refractivity contribution in [2.75, 3.05) is 11.9 Å². The number of anilines is 1. The molecule has 6 heteroatoms. The number of hydrogen-bond acceptors (Lipinski definition) is 3. The summed E-state index contributed by atoms with van der Waals surface area (Å²) < 4.78 is 7.48.